The van der Waals surface area contributed by atoms with Crippen molar-refractivity contribution in [3.63, 3.8) is 0 Å². The minimum atomic E-state index is -0.0799. The van der Waals surface area contributed by atoms with E-state index in [1.54, 1.807) is 0 Å². The molecular formula is C14H22N2OS. The van der Waals surface area contributed by atoms with E-state index in [2.05, 4.69) is 16.9 Å². The van der Waals surface area contributed by atoms with Crippen LogP contribution in [0.4, 0.5) is 4.79 Å². The summed E-state index contributed by atoms with van der Waals surface area (Å²) in [6.45, 7) is 1.34. The summed E-state index contributed by atoms with van der Waals surface area (Å²) < 4.78 is 0. The SMILES string of the molecule is CSCCCCCNC(=O)NCc1ccccc1. The molecule has 0 atom stereocenters. The maximum absolute atomic E-state index is 11.5. The third-order valence-corrected chi connectivity index (χ3v) is 3.30. The Kier molecular flexibility index (Phi) is 8.13. The second-order valence-electron chi connectivity index (χ2n) is 4.15. The van der Waals surface area contributed by atoms with Crippen molar-refractivity contribution in [2.75, 3.05) is 18.6 Å². The lowest BCUT2D eigenvalue weighted by Gasteiger charge is -2.07. The Labute approximate surface area is 114 Å². The van der Waals surface area contributed by atoms with E-state index in [1.165, 1.54) is 18.6 Å². The smallest absolute Gasteiger partial charge is 0.315 e. The van der Waals surface area contributed by atoms with Gasteiger partial charge in [-0.2, -0.15) is 11.8 Å². The van der Waals surface area contributed by atoms with Gasteiger partial charge < -0.3 is 10.6 Å². The van der Waals surface area contributed by atoms with Crippen LogP contribution in [-0.4, -0.2) is 24.6 Å². The van der Waals surface area contributed by atoms with Crippen molar-refractivity contribution >= 4 is 17.8 Å². The number of amides is 2. The van der Waals surface area contributed by atoms with E-state index in [-0.39, 0.29) is 6.03 Å². The Balaban J connectivity index is 2.01. The van der Waals surface area contributed by atoms with Gasteiger partial charge in [0.1, 0.15) is 0 Å². The fourth-order valence-electron chi connectivity index (χ4n) is 1.59. The van der Waals surface area contributed by atoms with Gasteiger partial charge in [0.2, 0.25) is 0 Å². The van der Waals surface area contributed by atoms with Gasteiger partial charge in [-0.1, -0.05) is 36.8 Å². The summed E-state index contributed by atoms with van der Waals surface area (Å²) in [6.07, 6.45) is 5.59. The van der Waals surface area contributed by atoms with Gasteiger partial charge >= 0.3 is 6.03 Å². The largest absolute Gasteiger partial charge is 0.338 e. The molecule has 0 bridgehead atoms. The van der Waals surface area contributed by atoms with Crippen molar-refractivity contribution < 1.29 is 4.79 Å². The number of hydrogen-bond acceptors (Lipinski definition) is 2. The second-order valence-corrected chi connectivity index (χ2v) is 5.13. The molecule has 100 valence electrons. The number of nitrogens with one attached hydrogen (secondary N) is 2. The van der Waals surface area contributed by atoms with Crippen LogP contribution in [0.5, 0.6) is 0 Å². The van der Waals surface area contributed by atoms with Crippen LogP contribution in [0.25, 0.3) is 0 Å². The maximum atomic E-state index is 11.5. The van der Waals surface area contributed by atoms with Crippen molar-refractivity contribution in [1.29, 1.82) is 0 Å². The van der Waals surface area contributed by atoms with Crippen LogP contribution in [-0.2, 0) is 6.54 Å². The fourth-order valence-corrected chi connectivity index (χ4v) is 2.08. The van der Waals surface area contributed by atoms with E-state index in [0.29, 0.717) is 6.54 Å². The summed E-state index contributed by atoms with van der Waals surface area (Å²) in [5.74, 6) is 1.21. The number of benzene rings is 1. The third kappa shape index (κ3) is 7.22. The monoisotopic (exact) mass is 266 g/mol. The zero-order valence-corrected chi connectivity index (χ0v) is 11.8. The van der Waals surface area contributed by atoms with Crippen LogP contribution in [0.1, 0.15) is 24.8 Å². The Bertz CT molecular complexity index is 330. The number of carbonyl (C=O) groups is 1. The van der Waals surface area contributed by atoms with Crippen LogP contribution >= 0.6 is 11.8 Å². The van der Waals surface area contributed by atoms with E-state index in [9.17, 15) is 4.79 Å². The van der Waals surface area contributed by atoms with Crippen molar-refractivity contribution in [1.82, 2.24) is 10.6 Å². The second kappa shape index (κ2) is 9.83. The lowest BCUT2D eigenvalue weighted by Crippen LogP contribution is -2.35. The summed E-state index contributed by atoms with van der Waals surface area (Å²) in [6, 6.07) is 9.84. The number of rotatable bonds is 8. The van der Waals surface area contributed by atoms with Gasteiger partial charge in [-0.25, -0.2) is 4.79 Å². The molecule has 0 saturated carbocycles. The number of thioether (sulfide) groups is 1. The molecule has 2 N–H and O–H groups in total. The Hall–Kier alpha value is -1.16. The van der Waals surface area contributed by atoms with Gasteiger partial charge in [-0.15, -0.1) is 0 Å². The molecule has 1 aromatic rings. The Morgan fingerprint density at radius 3 is 2.61 bits per heavy atom. The van der Waals surface area contributed by atoms with Gasteiger partial charge in [0.15, 0.2) is 0 Å². The van der Waals surface area contributed by atoms with E-state index in [4.69, 9.17) is 0 Å². The number of unbranched alkanes of at least 4 members (excludes halogenated alkanes) is 2. The normalized spacial score (nSPS) is 10.1. The summed E-state index contributed by atoms with van der Waals surface area (Å²) in [4.78, 5) is 11.5. The highest BCUT2D eigenvalue weighted by atomic mass is 32.2. The molecule has 0 aliphatic rings. The van der Waals surface area contributed by atoms with Crippen molar-refractivity contribution in [2.24, 2.45) is 0 Å². The van der Waals surface area contributed by atoms with Gasteiger partial charge in [0.05, 0.1) is 0 Å². The lowest BCUT2D eigenvalue weighted by atomic mass is 10.2. The Morgan fingerprint density at radius 1 is 1.11 bits per heavy atom. The van der Waals surface area contributed by atoms with Crippen molar-refractivity contribution in [2.45, 2.75) is 25.8 Å². The third-order valence-electron chi connectivity index (χ3n) is 2.61. The quantitative estimate of drug-likeness (QED) is 0.710. The molecular weight excluding hydrogens is 244 g/mol. The molecule has 2 amide bonds. The average molecular weight is 266 g/mol. The van der Waals surface area contributed by atoms with Crippen LogP contribution < -0.4 is 10.6 Å². The molecule has 0 spiro atoms. The predicted octanol–water partition coefficient (Wildman–Crippen LogP) is 3.02. The van der Waals surface area contributed by atoms with Crippen LogP contribution in [0.2, 0.25) is 0 Å². The molecule has 4 heteroatoms. The molecule has 0 saturated heterocycles. The molecule has 0 aliphatic heterocycles. The van der Waals surface area contributed by atoms with Crippen LogP contribution in [0.3, 0.4) is 0 Å². The van der Waals surface area contributed by atoms with E-state index < -0.39 is 0 Å². The summed E-state index contributed by atoms with van der Waals surface area (Å²) in [5, 5.41) is 5.72. The first-order valence-electron chi connectivity index (χ1n) is 6.37. The van der Waals surface area contributed by atoms with Crippen LogP contribution in [0.15, 0.2) is 30.3 Å². The molecule has 0 radical (unpaired) electrons. The van der Waals surface area contributed by atoms with E-state index in [1.807, 2.05) is 42.1 Å². The van der Waals surface area contributed by atoms with Gasteiger partial charge in [0.25, 0.3) is 0 Å². The van der Waals surface area contributed by atoms with Crippen LogP contribution in [0, 0.1) is 0 Å². The molecule has 3 nitrogen and oxygen atoms in total. The van der Waals surface area contributed by atoms with Gasteiger partial charge in [-0.05, 0) is 30.4 Å². The first-order valence-corrected chi connectivity index (χ1v) is 7.77. The first-order chi connectivity index (χ1) is 8.83. The first kappa shape index (κ1) is 14.9. The summed E-state index contributed by atoms with van der Waals surface area (Å²) >= 11 is 1.87. The molecule has 18 heavy (non-hydrogen) atoms. The average Bonchev–Trinajstić information content (AvgIpc) is 2.41. The molecule has 0 aromatic heterocycles. The maximum Gasteiger partial charge on any atom is 0.315 e. The van der Waals surface area contributed by atoms with Crippen molar-refractivity contribution in [3.05, 3.63) is 35.9 Å². The summed E-state index contributed by atoms with van der Waals surface area (Å²) in [7, 11) is 0. The standard InChI is InChI=1S/C14H22N2OS/c1-18-11-7-3-6-10-15-14(17)16-12-13-8-4-2-5-9-13/h2,4-5,8-9H,3,6-7,10-12H2,1H3,(H2,15,16,17). The topological polar surface area (TPSA) is 41.1 Å². The molecule has 0 fully saturated rings. The molecule has 1 aromatic carbocycles. The van der Waals surface area contributed by atoms with Gasteiger partial charge in [0, 0.05) is 13.1 Å². The number of hydrogen-bond donors (Lipinski definition) is 2. The summed E-state index contributed by atoms with van der Waals surface area (Å²) in [5.41, 5.74) is 1.12. The predicted molar refractivity (Wildman–Crippen MR) is 78.9 cm³/mol. The minimum absolute atomic E-state index is 0.0799. The highest BCUT2D eigenvalue weighted by Gasteiger charge is 1.99. The number of carbonyl (C=O) groups excluding carboxylic acids is 1. The Morgan fingerprint density at radius 2 is 1.89 bits per heavy atom. The van der Waals surface area contributed by atoms with Gasteiger partial charge in [-0.3, -0.25) is 0 Å². The molecule has 0 aliphatic carbocycles. The van der Waals surface area contributed by atoms with Crippen molar-refractivity contribution in [3.8, 4) is 0 Å². The molecule has 0 unspecified atom stereocenters. The zero-order valence-electron chi connectivity index (χ0n) is 10.9. The molecule has 0 heterocycles. The van der Waals surface area contributed by atoms with E-state index in [0.717, 1.165) is 18.5 Å². The zero-order chi connectivity index (χ0) is 13.1. The lowest BCUT2D eigenvalue weighted by molar-refractivity contribution is 0.240. The fraction of sp³-hybridized carbons (Fsp3) is 0.500. The minimum Gasteiger partial charge on any atom is -0.338 e. The highest BCUT2D eigenvalue weighted by molar-refractivity contribution is 7.98. The van der Waals surface area contributed by atoms with E-state index >= 15 is 0 Å². The number of urea groups is 1. The molecule has 1 rings (SSSR count). The highest BCUT2D eigenvalue weighted by Crippen LogP contribution is 2.01.